The molecule has 0 atom stereocenters. The zero-order valence-electron chi connectivity index (χ0n) is 10.3. The fraction of sp³-hybridized carbons (Fsp3) is 0.429. The number of benzene rings is 1. The van der Waals surface area contributed by atoms with Crippen LogP contribution in [-0.2, 0) is 4.79 Å². The van der Waals surface area contributed by atoms with Gasteiger partial charge in [0.15, 0.2) is 6.29 Å². The molecule has 0 saturated carbocycles. The van der Waals surface area contributed by atoms with Gasteiger partial charge in [0.05, 0.1) is 5.75 Å². The first-order chi connectivity index (χ1) is 8.81. The monoisotopic (exact) mass is 263 g/mol. The third-order valence-corrected chi connectivity index (χ3v) is 4.18. The van der Waals surface area contributed by atoms with Crippen LogP contribution in [0, 0.1) is 0 Å². The van der Waals surface area contributed by atoms with Gasteiger partial charge in [-0.25, -0.2) is 0 Å². The normalized spacial score (nSPS) is 15.4. The number of amides is 1. The zero-order chi connectivity index (χ0) is 12.8. The van der Waals surface area contributed by atoms with E-state index in [9.17, 15) is 9.59 Å². The molecule has 0 radical (unpaired) electrons. The smallest absolute Gasteiger partial charge is 0.232 e. The second-order valence-corrected chi connectivity index (χ2v) is 5.40. The molecule has 0 spiro atoms. The Balaban J connectivity index is 1.90. The molecule has 1 fully saturated rings. The average Bonchev–Trinajstić information content (AvgIpc) is 2.46. The third kappa shape index (κ3) is 3.35. The van der Waals surface area contributed by atoms with Gasteiger partial charge in [-0.15, -0.1) is 11.8 Å². The number of carbonyl (C=O) groups excluding carboxylic acids is 2. The number of aldehydes is 1. The van der Waals surface area contributed by atoms with Gasteiger partial charge in [-0.2, -0.15) is 0 Å². The van der Waals surface area contributed by atoms with Crippen LogP contribution < -0.4 is 0 Å². The average molecular weight is 263 g/mol. The van der Waals surface area contributed by atoms with Crippen molar-refractivity contribution in [2.24, 2.45) is 0 Å². The summed E-state index contributed by atoms with van der Waals surface area (Å²) in [5.41, 5.74) is 0.661. The van der Waals surface area contributed by atoms with Gasteiger partial charge >= 0.3 is 0 Å². The van der Waals surface area contributed by atoms with Crippen LogP contribution in [0.15, 0.2) is 29.2 Å². The Bertz CT molecular complexity index is 428. The van der Waals surface area contributed by atoms with Crippen LogP contribution >= 0.6 is 11.8 Å². The molecule has 18 heavy (non-hydrogen) atoms. The van der Waals surface area contributed by atoms with Gasteiger partial charge in [0.25, 0.3) is 0 Å². The molecule has 1 aliphatic rings. The van der Waals surface area contributed by atoms with E-state index in [4.69, 9.17) is 0 Å². The number of rotatable bonds is 4. The van der Waals surface area contributed by atoms with Gasteiger partial charge in [-0.05, 0) is 25.3 Å². The number of piperidine rings is 1. The molecule has 3 nitrogen and oxygen atoms in total. The maximum Gasteiger partial charge on any atom is 0.232 e. The van der Waals surface area contributed by atoms with Crippen LogP contribution in [0.4, 0.5) is 0 Å². The summed E-state index contributed by atoms with van der Waals surface area (Å²) < 4.78 is 0. The predicted molar refractivity (Wildman–Crippen MR) is 73.0 cm³/mol. The molecular weight excluding hydrogens is 246 g/mol. The zero-order valence-corrected chi connectivity index (χ0v) is 11.1. The standard InChI is InChI=1S/C14H17NO2S/c16-10-12-6-2-3-7-13(12)18-11-14(17)15-8-4-1-5-9-15/h2-3,6-7,10H,1,4-5,8-9,11H2. The fourth-order valence-electron chi connectivity index (χ4n) is 2.08. The van der Waals surface area contributed by atoms with E-state index in [1.54, 1.807) is 6.07 Å². The van der Waals surface area contributed by atoms with Crippen molar-refractivity contribution >= 4 is 24.0 Å². The van der Waals surface area contributed by atoms with Crippen LogP contribution in [0.1, 0.15) is 29.6 Å². The Kier molecular flexibility index (Phi) is 4.81. The molecule has 1 aliphatic heterocycles. The Labute approximate surface area is 112 Å². The summed E-state index contributed by atoms with van der Waals surface area (Å²) in [6, 6.07) is 7.39. The quantitative estimate of drug-likeness (QED) is 0.619. The summed E-state index contributed by atoms with van der Waals surface area (Å²) in [6.45, 7) is 1.77. The SMILES string of the molecule is O=Cc1ccccc1SCC(=O)N1CCCCC1. The molecule has 0 bridgehead atoms. The highest BCUT2D eigenvalue weighted by molar-refractivity contribution is 8.00. The summed E-state index contributed by atoms with van der Waals surface area (Å²) in [6.07, 6.45) is 4.29. The van der Waals surface area contributed by atoms with Gasteiger partial charge < -0.3 is 4.90 Å². The number of carbonyl (C=O) groups is 2. The van der Waals surface area contributed by atoms with Crippen LogP contribution in [0.25, 0.3) is 0 Å². The summed E-state index contributed by atoms with van der Waals surface area (Å²) in [5, 5.41) is 0. The van der Waals surface area contributed by atoms with Gasteiger partial charge in [-0.3, -0.25) is 9.59 Å². The van der Waals surface area contributed by atoms with Gasteiger partial charge in [-0.1, -0.05) is 18.2 Å². The molecule has 0 unspecified atom stereocenters. The molecule has 2 rings (SSSR count). The number of nitrogens with zero attached hydrogens (tertiary/aromatic N) is 1. The van der Waals surface area contributed by atoms with Crippen molar-refractivity contribution in [3.05, 3.63) is 29.8 Å². The molecule has 1 aromatic carbocycles. The van der Waals surface area contributed by atoms with E-state index in [1.807, 2.05) is 23.1 Å². The van der Waals surface area contributed by atoms with Gasteiger partial charge in [0.2, 0.25) is 5.91 Å². The molecule has 0 N–H and O–H groups in total. The molecule has 1 amide bonds. The second-order valence-electron chi connectivity index (χ2n) is 4.39. The van der Waals surface area contributed by atoms with E-state index in [0.717, 1.165) is 37.1 Å². The topological polar surface area (TPSA) is 37.4 Å². The van der Waals surface area contributed by atoms with Crippen LogP contribution in [0.3, 0.4) is 0 Å². The Morgan fingerprint density at radius 2 is 1.94 bits per heavy atom. The first kappa shape index (κ1) is 13.1. The molecule has 1 heterocycles. The van der Waals surface area contributed by atoms with Crippen molar-refractivity contribution in [1.29, 1.82) is 0 Å². The molecule has 0 aliphatic carbocycles. The first-order valence-corrected chi connectivity index (χ1v) is 7.24. The second kappa shape index (κ2) is 6.59. The van der Waals surface area contributed by atoms with Crippen molar-refractivity contribution < 1.29 is 9.59 Å². The van der Waals surface area contributed by atoms with Crippen LogP contribution in [0.2, 0.25) is 0 Å². The summed E-state index contributed by atoms with van der Waals surface area (Å²) >= 11 is 1.45. The molecule has 1 saturated heterocycles. The lowest BCUT2D eigenvalue weighted by atomic mass is 10.1. The molecule has 1 aromatic rings. The van der Waals surface area contributed by atoms with Crippen molar-refractivity contribution in [2.45, 2.75) is 24.2 Å². The number of hydrogen-bond donors (Lipinski definition) is 0. The Morgan fingerprint density at radius 1 is 1.22 bits per heavy atom. The maximum absolute atomic E-state index is 12.0. The minimum atomic E-state index is 0.181. The van der Waals surface area contributed by atoms with Crippen LogP contribution in [-0.4, -0.2) is 35.9 Å². The largest absolute Gasteiger partial charge is 0.342 e. The highest BCUT2D eigenvalue weighted by Gasteiger charge is 2.16. The molecule has 4 heteroatoms. The molecular formula is C14H17NO2S. The van der Waals surface area contributed by atoms with Gasteiger partial charge in [0, 0.05) is 23.5 Å². The lowest BCUT2D eigenvalue weighted by Crippen LogP contribution is -2.36. The predicted octanol–water partition coefficient (Wildman–Crippen LogP) is 2.60. The Morgan fingerprint density at radius 3 is 2.67 bits per heavy atom. The minimum absolute atomic E-state index is 0.181. The van der Waals surface area contributed by atoms with Crippen molar-refractivity contribution in [1.82, 2.24) is 4.90 Å². The van der Waals surface area contributed by atoms with E-state index in [1.165, 1.54) is 18.2 Å². The van der Waals surface area contributed by atoms with Crippen molar-refractivity contribution in [2.75, 3.05) is 18.8 Å². The van der Waals surface area contributed by atoms with Crippen LogP contribution in [0.5, 0.6) is 0 Å². The number of thioether (sulfide) groups is 1. The first-order valence-electron chi connectivity index (χ1n) is 6.26. The van der Waals surface area contributed by atoms with E-state index in [2.05, 4.69) is 0 Å². The van der Waals surface area contributed by atoms with E-state index < -0.39 is 0 Å². The fourth-order valence-corrected chi connectivity index (χ4v) is 3.00. The highest BCUT2D eigenvalue weighted by Crippen LogP contribution is 2.22. The van der Waals surface area contributed by atoms with E-state index >= 15 is 0 Å². The maximum atomic E-state index is 12.0. The summed E-state index contributed by atoms with van der Waals surface area (Å²) in [7, 11) is 0. The highest BCUT2D eigenvalue weighted by atomic mass is 32.2. The lowest BCUT2D eigenvalue weighted by Gasteiger charge is -2.26. The molecule has 0 aromatic heterocycles. The lowest BCUT2D eigenvalue weighted by molar-refractivity contribution is -0.129. The number of likely N-dealkylation sites (tertiary alicyclic amines) is 1. The molecule has 96 valence electrons. The van der Waals surface area contributed by atoms with Crippen molar-refractivity contribution in [3.63, 3.8) is 0 Å². The van der Waals surface area contributed by atoms with E-state index in [-0.39, 0.29) is 5.91 Å². The minimum Gasteiger partial charge on any atom is -0.342 e. The summed E-state index contributed by atoms with van der Waals surface area (Å²) in [5.74, 6) is 0.602. The van der Waals surface area contributed by atoms with E-state index in [0.29, 0.717) is 11.3 Å². The van der Waals surface area contributed by atoms with Gasteiger partial charge in [0.1, 0.15) is 0 Å². The third-order valence-electron chi connectivity index (χ3n) is 3.11. The van der Waals surface area contributed by atoms with Crippen molar-refractivity contribution in [3.8, 4) is 0 Å². The summed E-state index contributed by atoms with van der Waals surface area (Å²) in [4.78, 5) is 25.7. The number of hydrogen-bond acceptors (Lipinski definition) is 3. The Hall–Kier alpha value is -1.29.